The highest BCUT2D eigenvalue weighted by Crippen LogP contribution is 2.48. The number of aromatic nitrogens is 1. The maximum absolute atomic E-state index is 12.7. The molecule has 7 heteroatoms. The summed E-state index contributed by atoms with van der Waals surface area (Å²) in [4.78, 5) is 17.7. The maximum Gasteiger partial charge on any atom is 0.416 e. The van der Waals surface area contributed by atoms with Gasteiger partial charge >= 0.3 is 6.18 Å². The molecule has 1 aliphatic carbocycles. The molecular weight excluding hydrogens is 409 g/mol. The maximum atomic E-state index is 12.7. The standard InChI is InChI=1S/C23H19F3N2OS/c24-23(25,26)17-5-3-16(4-6-17)20-12-21(20)22(29)28-18-7-9-19(10-8-18)30-14-15-2-1-11-27-13-15/h1-11,13,20-21H,12,14H2,(H,28,29). The SMILES string of the molecule is O=C(Nc1ccc(SCc2cccnc2)cc1)C1CC1c1ccc(C(F)(F)F)cc1. The van der Waals surface area contributed by atoms with Gasteiger partial charge in [-0.2, -0.15) is 13.2 Å². The van der Waals surface area contributed by atoms with Crippen molar-refractivity contribution in [3.63, 3.8) is 0 Å². The zero-order valence-electron chi connectivity index (χ0n) is 15.9. The summed E-state index contributed by atoms with van der Waals surface area (Å²) in [6.45, 7) is 0. The lowest BCUT2D eigenvalue weighted by Gasteiger charge is -2.08. The molecular formula is C23H19F3N2OS. The van der Waals surface area contributed by atoms with Crippen LogP contribution in [0.15, 0.2) is 78.0 Å². The fourth-order valence-corrected chi connectivity index (χ4v) is 4.12. The molecule has 1 fully saturated rings. The number of nitrogens with zero attached hydrogens (tertiary/aromatic N) is 1. The van der Waals surface area contributed by atoms with Crippen LogP contribution >= 0.6 is 11.8 Å². The van der Waals surface area contributed by atoms with Gasteiger partial charge in [0.25, 0.3) is 0 Å². The van der Waals surface area contributed by atoms with Gasteiger partial charge in [-0.05, 0) is 65.9 Å². The number of rotatable bonds is 6. The minimum absolute atomic E-state index is 0.0263. The van der Waals surface area contributed by atoms with E-state index in [-0.39, 0.29) is 17.7 Å². The van der Waals surface area contributed by atoms with Crippen molar-refractivity contribution in [3.05, 3.63) is 89.7 Å². The van der Waals surface area contributed by atoms with Crippen LogP contribution in [0.25, 0.3) is 0 Å². The molecule has 2 aromatic carbocycles. The van der Waals surface area contributed by atoms with Crippen molar-refractivity contribution in [3.8, 4) is 0 Å². The second kappa shape index (κ2) is 8.52. The number of hydrogen-bond acceptors (Lipinski definition) is 3. The lowest BCUT2D eigenvalue weighted by molar-refractivity contribution is -0.137. The summed E-state index contributed by atoms with van der Waals surface area (Å²) in [6.07, 6.45) is -0.116. The Morgan fingerprint density at radius 1 is 1.07 bits per heavy atom. The van der Waals surface area contributed by atoms with Crippen LogP contribution in [0.5, 0.6) is 0 Å². The van der Waals surface area contributed by atoms with Crippen LogP contribution in [0.3, 0.4) is 0 Å². The Kier molecular flexibility index (Phi) is 5.81. The van der Waals surface area contributed by atoms with Gasteiger partial charge in [-0.3, -0.25) is 9.78 Å². The average Bonchev–Trinajstić information content (AvgIpc) is 3.55. The molecule has 1 saturated carbocycles. The fourth-order valence-electron chi connectivity index (χ4n) is 3.29. The number of amides is 1. The van der Waals surface area contributed by atoms with E-state index in [1.807, 2.05) is 42.6 Å². The number of halogens is 3. The molecule has 3 aromatic rings. The van der Waals surface area contributed by atoms with E-state index in [1.54, 1.807) is 18.0 Å². The largest absolute Gasteiger partial charge is 0.416 e. The van der Waals surface area contributed by atoms with Gasteiger partial charge in [-0.25, -0.2) is 0 Å². The first kappa shape index (κ1) is 20.5. The van der Waals surface area contributed by atoms with Gasteiger partial charge in [0, 0.05) is 34.6 Å². The number of anilines is 1. The zero-order chi connectivity index (χ0) is 21.1. The molecule has 2 atom stereocenters. The number of hydrogen-bond donors (Lipinski definition) is 1. The monoisotopic (exact) mass is 428 g/mol. The van der Waals surface area contributed by atoms with E-state index in [0.717, 1.165) is 33.9 Å². The Morgan fingerprint density at radius 2 is 1.80 bits per heavy atom. The highest BCUT2D eigenvalue weighted by atomic mass is 32.2. The number of nitrogens with one attached hydrogen (secondary N) is 1. The van der Waals surface area contributed by atoms with Crippen LogP contribution in [-0.4, -0.2) is 10.9 Å². The highest BCUT2D eigenvalue weighted by molar-refractivity contribution is 7.98. The van der Waals surface area contributed by atoms with Crippen molar-refractivity contribution in [2.75, 3.05) is 5.32 Å². The van der Waals surface area contributed by atoms with Gasteiger partial charge in [0.15, 0.2) is 0 Å². The third-order valence-electron chi connectivity index (χ3n) is 5.04. The molecule has 30 heavy (non-hydrogen) atoms. The van der Waals surface area contributed by atoms with Crippen molar-refractivity contribution in [2.45, 2.75) is 29.2 Å². The Hall–Kier alpha value is -2.80. The first-order chi connectivity index (χ1) is 14.4. The average molecular weight is 428 g/mol. The van der Waals surface area contributed by atoms with Gasteiger partial charge in [0.05, 0.1) is 5.56 Å². The molecule has 2 unspecified atom stereocenters. The minimum Gasteiger partial charge on any atom is -0.326 e. The van der Waals surface area contributed by atoms with E-state index in [1.165, 1.54) is 12.1 Å². The molecule has 4 rings (SSSR count). The second-order valence-corrected chi connectivity index (χ2v) is 8.28. The summed E-state index contributed by atoms with van der Waals surface area (Å²) in [5.74, 6) is 0.481. The third kappa shape index (κ3) is 5.02. The fraction of sp³-hybridized carbons (Fsp3) is 0.217. The van der Waals surface area contributed by atoms with Crippen LogP contribution in [0.2, 0.25) is 0 Å². The number of benzene rings is 2. The molecule has 1 N–H and O–H groups in total. The number of carbonyl (C=O) groups excluding carboxylic acids is 1. The van der Waals surface area contributed by atoms with Crippen LogP contribution in [0, 0.1) is 5.92 Å². The molecule has 3 nitrogen and oxygen atoms in total. The van der Waals surface area contributed by atoms with Crippen LogP contribution in [0.4, 0.5) is 18.9 Å². The Morgan fingerprint density at radius 3 is 2.43 bits per heavy atom. The van der Waals surface area contributed by atoms with Crippen molar-refractivity contribution in [2.24, 2.45) is 5.92 Å². The summed E-state index contributed by atoms with van der Waals surface area (Å²) < 4.78 is 38.0. The number of carbonyl (C=O) groups is 1. The summed E-state index contributed by atoms with van der Waals surface area (Å²) in [5.41, 5.74) is 1.95. The number of pyridine rings is 1. The smallest absolute Gasteiger partial charge is 0.326 e. The van der Waals surface area contributed by atoms with Crippen molar-refractivity contribution < 1.29 is 18.0 Å². The van der Waals surface area contributed by atoms with Gasteiger partial charge in [0.2, 0.25) is 5.91 Å². The van der Waals surface area contributed by atoms with Gasteiger partial charge < -0.3 is 5.32 Å². The van der Waals surface area contributed by atoms with E-state index in [9.17, 15) is 18.0 Å². The normalized spacial score (nSPS) is 18.1. The van der Waals surface area contributed by atoms with Gasteiger partial charge in [-0.15, -0.1) is 11.8 Å². The molecule has 0 bridgehead atoms. The molecule has 154 valence electrons. The minimum atomic E-state index is -4.35. The zero-order valence-corrected chi connectivity index (χ0v) is 16.7. The van der Waals surface area contributed by atoms with E-state index < -0.39 is 11.7 Å². The van der Waals surface area contributed by atoms with Crippen LogP contribution in [-0.2, 0) is 16.7 Å². The van der Waals surface area contributed by atoms with E-state index in [4.69, 9.17) is 0 Å². The molecule has 0 spiro atoms. The van der Waals surface area contributed by atoms with E-state index in [0.29, 0.717) is 12.1 Å². The predicted molar refractivity (Wildman–Crippen MR) is 111 cm³/mol. The van der Waals surface area contributed by atoms with Gasteiger partial charge in [-0.1, -0.05) is 18.2 Å². The Labute approximate surface area is 176 Å². The highest BCUT2D eigenvalue weighted by Gasteiger charge is 2.44. The summed E-state index contributed by atoms with van der Waals surface area (Å²) in [6, 6.07) is 16.6. The quantitative estimate of drug-likeness (QED) is 0.480. The lowest BCUT2D eigenvalue weighted by atomic mass is 10.1. The Bertz CT molecular complexity index is 1010. The molecule has 0 radical (unpaired) electrons. The molecule has 1 amide bonds. The first-order valence-electron chi connectivity index (χ1n) is 9.50. The molecule has 0 aliphatic heterocycles. The molecule has 1 aliphatic rings. The Balaban J connectivity index is 1.29. The molecule has 1 aromatic heterocycles. The lowest BCUT2D eigenvalue weighted by Crippen LogP contribution is -2.14. The number of alkyl halides is 3. The van der Waals surface area contributed by atoms with Crippen molar-refractivity contribution >= 4 is 23.4 Å². The van der Waals surface area contributed by atoms with Crippen molar-refractivity contribution in [1.29, 1.82) is 0 Å². The molecule has 0 saturated heterocycles. The number of thioether (sulfide) groups is 1. The topological polar surface area (TPSA) is 42.0 Å². The van der Waals surface area contributed by atoms with E-state index in [2.05, 4.69) is 10.3 Å². The summed E-state index contributed by atoms with van der Waals surface area (Å²) in [5, 5.41) is 2.90. The second-order valence-electron chi connectivity index (χ2n) is 7.23. The predicted octanol–water partition coefficient (Wildman–Crippen LogP) is 6.13. The van der Waals surface area contributed by atoms with Crippen LogP contribution in [0.1, 0.15) is 29.0 Å². The molecule has 1 heterocycles. The van der Waals surface area contributed by atoms with E-state index >= 15 is 0 Å². The third-order valence-corrected chi connectivity index (χ3v) is 6.13. The first-order valence-corrected chi connectivity index (χ1v) is 10.5. The summed E-state index contributed by atoms with van der Waals surface area (Å²) in [7, 11) is 0. The van der Waals surface area contributed by atoms with Gasteiger partial charge in [0.1, 0.15) is 0 Å². The van der Waals surface area contributed by atoms with Crippen LogP contribution < -0.4 is 5.32 Å². The summed E-state index contributed by atoms with van der Waals surface area (Å²) >= 11 is 1.69. The van der Waals surface area contributed by atoms with Crippen molar-refractivity contribution in [1.82, 2.24) is 4.98 Å².